The Labute approximate surface area is 115 Å². The lowest BCUT2D eigenvalue weighted by Crippen LogP contribution is -2.11. The van der Waals surface area contributed by atoms with Crippen LogP contribution < -0.4 is 10.5 Å². The highest BCUT2D eigenvalue weighted by molar-refractivity contribution is 5.84. The Morgan fingerprint density at radius 2 is 2.35 bits per heavy atom. The molecule has 0 radical (unpaired) electrons. The summed E-state index contributed by atoms with van der Waals surface area (Å²) in [6.45, 7) is 2.47. The molecule has 2 N–H and O–H groups in total. The largest absolute Gasteiger partial charge is 0.493 e. The minimum Gasteiger partial charge on any atom is -0.493 e. The van der Waals surface area contributed by atoms with Crippen LogP contribution in [-0.2, 0) is 6.42 Å². The van der Waals surface area contributed by atoms with E-state index in [1.54, 1.807) is 12.4 Å². The molecule has 6 heteroatoms. The molecule has 1 aliphatic heterocycles. The van der Waals surface area contributed by atoms with Gasteiger partial charge in [-0.3, -0.25) is 0 Å². The Bertz CT molecular complexity index is 678. The van der Waals surface area contributed by atoms with E-state index >= 15 is 0 Å². The fourth-order valence-electron chi connectivity index (χ4n) is 2.29. The standard InChI is InChI=1S/C14H15FN4O/c1-9-8-19(14(16)18-9)17-7-11-6-12(15)5-10-3-2-4-20-13(10)11/h5-8H,2-4H2,1H3,(H2,16,18). The van der Waals surface area contributed by atoms with Gasteiger partial charge in [0.25, 0.3) is 0 Å². The van der Waals surface area contributed by atoms with Crippen molar-refractivity contribution in [2.45, 2.75) is 19.8 Å². The molecule has 0 unspecified atom stereocenters. The first kappa shape index (κ1) is 12.7. The Morgan fingerprint density at radius 3 is 3.10 bits per heavy atom. The van der Waals surface area contributed by atoms with Crippen molar-refractivity contribution in [2.24, 2.45) is 5.10 Å². The molecule has 104 valence electrons. The highest BCUT2D eigenvalue weighted by Crippen LogP contribution is 2.29. The molecule has 3 rings (SSSR count). The molecule has 0 atom stereocenters. The maximum absolute atomic E-state index is 13.6. The van der Waals surface area contributed by atoms with E-state index in [1.165, 1.54) is 16.8 Å². The number of fused-ring (bicyclic) bond motifs is 1. The van der Waals surface area contributed by atoms with E-state index in [0.717, 1.165) is 24.1 Å². The molecule has 0 saturated carbocycles. The second-order valence-corrected chi connectivity index (χ2v) is 4.76. The molecule has 5 nitrogen and oxygen atoms in total. The van der Waals surface area contributed by atoms with Crippen molar-refractivity contribution in [1.29, 1.82) is 0 Å². The van der Waals surface area contributed by atoms with Gasteiger partial charge in [-0.2, -0.15) is 5.10 Å². The van der Waals surface area contributed by atoms with Crippen molar-refractivity contribution >= 4 is 12.2 Å². The number of rotatable bonds is 2. The second kappa shape index (κ2) is 4.96. The molecule has 20 heavy (non-hydrogen) atoms. The predicted molar refractivity (Wildman–Crippen MR) is 74.6 cm³/mol. The lowest BCUT2D eigenvalue weighted by Gasteiger charge is -2.19. The summed E-state index contributed by atoms with van der Waals surface area (Å²) in [4.78, 5) is 4.05. The van der Waals surface area contributed by atoms with Crippen molar-refractivity contribution in [3.63, 3.8) is 0 Å². The van der Waals surface area contributed by atoms with E-state index < -0.39 is 0 Å². The fourth-order valence-corrected chi connectivity index (χ4v) is 2.29. The van der Waals surface area contributed by atoms with E-state index in [9.17, 15) is 4.39 Å². The molecule has 2 aromatic rings. The zero-order valence-electron chi connectivity index (χ0n) is 11.1. The molecular weight excluding hydrogens is 259 g/mol. The van der Waals surface area contributed by atoms with Crippen LogP contribution in [0.1, 0.15) is 23.2 Å². The third-order valence-corrected chi connectivity index (χ3v) is 3.15. The van der Waals surface area contributed by atoms with Gasteiger partial charge < -0.3 is 10.5 Å². The molecule has 2 heterocycles. The van der Waals surface area contributed by atoms with Crippen LogP contribution in [0.5, 0.6) is 5.75 Å². The van der Waals surface area contributed by atoms with Gasteiger partial charge in [-0.05, 0) is 37.5 Å². The lowest BCUT2D eigenvalue weighted by atomic mass is 10.0. The molecular formula is C14H15FN4O. The summed E-state index contributed by atoms with van der Waals surface area (Å²) in [6.07, 6.45) is 4.98. The van der Waals surface area contributed by atoms with Crippen molar-refractivity contribution in [3.8, 4) is 5.75 Å². The summed E-state index contributed by atoms with van der Waals surface area (Å²) in [5, 5.41) is 4.20. The number of nitrogens with two attached hydrogens (primary N) is 1. The maximum atomic E-state index is 13.6. The number of nitrogens with zero attached hydrogens (tertiary/aromatic N) is 3. The van der Waals surface area contributed by atoms with Crippen LogP contribution in [0, 0.1) is 12.7 Å². The number of halogens is 1. The monoisotopic (exact) mass is 274 g/mol. The quantitative estimate of drug-likeness (QED) is 0.853. The summed E-state index contributed by atoms with van der Waals surface area (Å²) in [7, 11) is 0. The summed E-state index contributed by atoms with van der Waals surface area (Å²) < 4.78 is 20.7. The topological polar surface area (TPSA) is 65.4 Å². The Kier molecular flexibility index (Phi) is 3.14. The van der Waals surface area contributed by atoms with Crippen molar-refractivity contribution in [1.82, 2.24) is 9.66 Å². The summed E-state index contributed by atoms with van der Waals surface area (Å²) in [5.41, 5.74) is 7.98. The highest BCUT2D eigenvalue weighted by atomic mass is 19.1. The Morgan fingerprint density at radius 1 is 1.50 bits per heavy atom. The Balaban J connectivity index is 1.98. The number of aromatic nitrogens is 2. The van der Waals surface area contributed by atoms with Gasteiger partial charge in [0.15, 0.2) is 0 Å². The minimum atomic E-state index is -0.287. The van der Waals surface area contributed by atoms with Crippen molar-refractivity contribution in [2.75, 3.05) is 12.3 Å². The van der Waals surface area contributed by atoms with Crippen LogP contribution in [-0.4, -0.2) is 22.5 Å². The third kappa shape index (κ3) is 2.36. The van der Waals surface area contributed by atoms with E-state index in [-0.39, 0.29) is 5.82 Å². The zero-order chi connectivity index (χ0) is 14.1. The average Bonchev–Trinajstić information content (AvgIpc) is 2.74. The summed E-state index contributed by atoms with van der Waals surface area (Å²) in [6, 6.07) is 2.93. The van der Waals surface area contributed by atoms with Gasteiger partial charge in [0.2, 0.25) is 5.95 Å². The van der Waals surface area contributed by atoms with Crippen LogP contribution in [0.25, 0.3) is 0 Å². The van der Waals surface area contributed by atoms with Crippen LogP contribution in [0.15, 0.2) is 23.4 Å². The number of imidazole rings is 1. The van der Waals surface area contributed by atoms with Crippen LogP contribution in [0.2, 0.25) is 0 Å². The van der Waals surface area contributed by atoms with Gasteiger partial charge in [0.1, 0.15) is 11.6 Å². The maximum Gasteiger partial charge on any atom is 0.221 e. The van der Waals surface area contributed by atoms with Crippen molar-refractivity contribution in [3.05, 3.63) is 41.0 Å². The van der Waals surface area contributed by atoms with E-state index in [4.69, 9.17) is 10.5 Å². The third-order valence-electron chi connectivity index (χ3n) is 3.15. The molecule has 1 aliphatic rings. The Hall–Kier alpha value is -2.37. The van der Waals surface area contributed by atoms with Crippen LogP contribution >= 0.6 is 0 Å². The first-order valence-corrected chi connectivity index (χ1v) is 6.44. The van der Waals surface area contributed by atoms with E-state index in [0.29, 0.717) is 23.9 Å². The minimum absolute atomic E-state index is 0.287. The lowest BCUT2D eigenvalue weighted by molar-refractivity contribution is 0.287. The first-order valence-electron chi connectivity index (χ1n) is 6.44. The van der Waals surface area contributed by atoms with Gasteiger partial charge in [0, 0.05) is 5.56 Å². The van der Waals surface area contributed by atoms with Gasteiger partial charge in [-0.1, -0.05) is 0 Å². The SMILES string of the molecule is Cc1cn(N=Cc2cc(F)cc3c2OCCC3)c(N)n1. The molecule has 1 aromatic heterocycles. The number of ether oxygens (including phenoxy) is 1. The molecule has 0 bridgehead atoms. The van der Waals surface area contributed by atoms with E-state index in [1.807, 2.05) is 6.92 Å². The number of anilines is 1. The van der Waals surface area contributed by atoms with Gasteiger partial charge >= 0.3 is 0 Å². The number of nitrogen functional groups attached to an aromatic ring is 1. The molecule has 1 aromatic carbocycles. The summed E-state index contributed by atoms with van der Waals surface area (Å²) >= 11 is 0. The highest BCUT2D eigenvalue weighted by Gasteiger charge is 2.15. The predicted octanol–water partition coefficient (Wildman–Crippen LogP) is 2.12. The molecule has 0 amide bonds. The second-order valence-electron chi connectivity index (χ2n) is 4.76. The number of aryl methyl sites for hydroxylation is 2. The fraction of sp³-hybridized carbons (Fsp3) is 0.286. The van der Waals surface area contributed by atoms with Crippen molar-refractivity contribution < 1.29 is 9.13 Å². The van der Waals surface area contributed by atoms with Gasteiger partial charge in [-0.15, -0.1) is 0 Å². The first-order chi connectivity index (χ1) is 9.63. The summed E-state index contributed by atoms with van der Waals surface area (Å²) in [5.74, 6) is 0.715. The van der Waals surface area contributed by atoms with Crippen LogP contribution in [0.3, 0.4) is 0 Å². The molecule has 0 fully saturated rings. The smallest absolute Gasteiger partial charge is 0.221 e. The van der Waals surface area contributed by atoms with Crippen LogP contribution in [0.4, 0.5) is 10.3 Å². The van der Waals surface area contributed by atoms with Gasteiger partial charge in [-0.25, -0.2) is 14.1 Å². The number of hydrogen-bond donors (Lipinski definition) is 1. The number of hydrogen-bond acceptors (Lipinski definition) is 4. The molecule has 0 aliphatic carbocycles. The number of benzene rings is 1. The zero-order valence-corrected chi connectivity index (χ0v) is 11.1. The average molecular weight is 274 g/mol. The normalized spacial score (nSPS) is 14.3. The molecule has 0 saturated heterocycles. The van der Waals surface area contributed by atoms with Gasteiger partial charge in [0.05, 0.1) is 24.7 Å². The molecule has 0 spiro atoms. The van der Waals surface area contributed by atoms with E-state index in [2.05, 4.69) is 10.1 Å².